The summed E-state index contributed by atoms with van der Waals surface area (Å²) in [5.74, 6) is 0.417. The van der Waals surface area contributed by atoms with Crippen LogP contribution in [0, 0.1) is 11.8 Å². The van der Waals surface area contributed by atoms with Gasteiger partial charge in [-0.1, -0.05) is 52.3 Å². The van der Waals surface area contributed by atoms with Gasteiger partial charge in [-0.3, -0.25) is 4.79 Å². The lowest BCUT2D eigenvalue weighted by molar-refractivity contribution is -0.127. The average molecular weight is 256 g/mol. The van der Waals surface area contributed by atoms with Gasteiger partial charge in [0.05, 0.1) is 10.5 Å². The van der Waals surface area contributed by atoms with Gasteiger partial charge < -0.3 is 11.1 Å². The molecule has 98 valence electrons. The molecule has 1 saturated carbocycles. The van der Waals surface area contributed by atoms with Gasteiger partial charge in [0.1, 0.15) is 0 Å². The van der Waals surface area contributed by atoms with Crippen molar-refractivity contribution in [1.29, 1.82) is 0 Å². The Morgan fingerprint density at radius 1 is 1.24 bits per heavy atom. The first-order valence-electron chi connectivity index (χ1n) is 6.51. The van der Waals surface area contributed by atoms with Crippen LogP contribution in [0.3, 0.4) is 0 Å². The number of rotatable bonds is 4. The Morgan fingerprint density at radius 3 is 2.18 bits per heavy atom. The number of nitrogens with one attached hydrogen (secondary N) is 1. The first-order chi connectivity index (χ1) is 7.89. The summed E-state index contributed by atoms with van der Waals surface area (Å²) in [6, 6.07) is 0. The molecule has 3 N–H and O–H groups in total. The van der Waals surface area contributed by atoms with E-state index in [1.54, 1.807) is 0 Å². The molecule has 1 atom stereocenters. The quantitative estimate of drug-likeness (QED) is 0.759. The van der Waals surface area contributed by atoms with E-state index in [4.69, 9.17) is 18.0 Å². The Bertz CT molecular complexity index is 296. The summed E-state index contributed by atoms with van der Waals surface area (Å²) < 4.78 is 0. The number of hydrogen-bond acceptors (Lipinski definition) is 2. The maximum Gasteiger partial charge on any atom is 0.223 e. The summed E-state index contributed by atoms with van der Waals surface area (Å²) in [5, 5.41) is 3.11. The van der Waals surface area contributed by atoms with Gasteiger partial charge in [-0.2, -0.15) is 0 Å². The summed E-state index contributed by atoms with van der Waals surface area (Å²) in [6.07, 6.45) is 5.17. The molecular formula is C13H24N2OS. The van der Waals surface area contributed by atoms with Gasteiger partial charge in [-0.15, -0.1) is 0 Å². The van der Waals surface area contributed by atoms with Gasteiger partial charge in [0.15, 0.2) is 0 Å². The van der Waals surface area contributed by atoms with Crippen LogP contribution in [0.15, 0.2) is 0 Å². The molecule has 0 aromatic heterocycles. The lowest BCUT2D eigenvalue weighted by Crippen LogP contribution is -2.58. The summed E-state index contributed by atoms with van der Waals surface area (Å²) in [6.45, 7) is 6.06. The zero-order valence-corrected chi connectivity index (χ0v) is 11.9. The van der Waals surface area contributed by atoms with E-state index in [1.165, 1.54) is 6.42 Å². The zero-order valence-electron chi connectivity index (χ0n) is 11.1. The molecule has 4 heteroatoms. The second-order valence-corrected chi connectivity index (χ2v) is 5.97. The third kappa shape index (κ3) is 3.41. The molecule has 0 radical (unpaired) electrons. The predicted octanol–water partition coefficient (Wildman–Crippen LogP) is 2.38. The molecule has 0 heterocycles. The summed E-state index contributed by atoms with van der Waals surface area (Å²) in [7, 11) is 0. The van der Waals surface area contributed by atoms with Crippen LogP contribution in [-0.4, -0.2) is 16.4 Å². The lowest BCUT2D eigenvalue weighted by Gasteiger charge is -2.38. The maximum atomic E-state index is 12.1. The second-order valence-electron chi connectivity index (χ2n) is 5.53. The Hall–Kier alpha value is -0.640. The fourth-order valence-electron chi connectivity index (χ4n) is 2.24. The van der Waals surface area contributed by atoms with Crippen molar-refractivity contribution in [3.8, 4) is 0 Å². The van der Waals surface area contributed by atoms with Crippen molar-refractivity contribution in [1.82, 2.24) is 5.32 Å². The van der Waals surface area contributed by atoms with Gasteiger partial charge in [-0.05, 0) is 18.8 Å². The molecule has 1 fully saturated rings. The number of hydrogen-bond donors (Lipinski definition) is 2. The van der Waals surface area contributed by atoms with E-state index in [0.717, 1.165) is 25.7 Å². The molecule has 1 aliphatic carbocycles. The van der Waals surface area contributed by atoms with Gasteiger partial charge in [0.2, 0.25) is 5.91 Å². The van der Waals surface area contributed by atoms with Crippen LogP contribution in [0.5, 0.6) is 0 Å². The molecular weight excluding hydrogens is 232 g/mol. The van der Waals surface area contributed by atoms with Crippen molar-refractivity contribution in [2.75, 3.05) is 0 Å². The van der Waals surface area contributed by atoms with Crippen molar-refractivity contribution < 1.29 is 4.79 Å². The molecule has 1 rings (SSSR count). The molecule has 0 aliphatic heterocycles. The normalized spacial score (nSPS) is 20.9. The van der Waals surface area contributed by atoms with Crippen LogP contribution < -0.4 is 11.1 Å². The molecule has 1 amide bonds. The monoisotopic (exact) mass is 256 g/mol. The number of carbonyl (C=O) groups excluding carboxylic acids is 1. The Morgan fingerprint density at radius 2 is 1.76 bits per heavy atom. The highest BCUT2D eigenvalue weighted by molar-refractivity contribution is 7.80. The third-order valence-corrected chi connectivity index (χ3v) is 4.35. The van der Waals surface area contributed by atoms with E-state index < -0.39 is 5.54 Å². The Labute approximate surface area is 110 Å². The standard InChI is InChI=1S/C13H24N2OS/c1-9(2)10(3)11(16)15-13(12(14)17)7-5-4-6-8-13/h9-10H,4-8H2,1-3H3,(H2,14,17)(H,15,16). The van der Waals surface area contributed by atoms with E-state index in [9.17, 15) is 4.79 Å². The highest BCUT2D eigenvalue weighted by Crippen LogP contribution is 2.29. The molecule has 1 unspecified atom stereocenters. The van der Waals surface area contributed by atoms with Crippen LogP contribution in [0.1, 0.15) is 52.9 Å². The van der Waals surface area contributed by atoms with Crippen LogP contribution in [0.4, 0.5) is 0 Å². The second kappa shape index (κ2) is 5.80. The van der Waals surface area contributed by atoms with Crippen LogP contribution >= 0.6 is 12.2 Å². The fourth-order valence-corrected chi connectivity index (χ4v) is 2.50. The van der Waals surface area contributed by atoms with Crippen molar-refractivity contribution >= 4 is 23.1 Å². The molecule has 0 aromatic rings. The van der Waals surface area contributed by atoms with Gasteiger partial charge in [0, 0.05) is 5.92 Å². The minimum atomic E-state index is -0.423. The van der Waals surface area contributed by atoms with Gasteiger partial charge in [-0.25, -0.2) is 0 Å². The Balaban J connectivity index is 2.73. The average Bonchev–Trinajstić information content (AvgIpc) is 2.28. The Kier molecular flexibility index (Phi) is 4.92. The summed E-state index contributed by atoms with van der Waals surface area (Å²) in [5.41, 5.74) is 5.42. The number of nitrogens with two attached hydrogens (primary N) is 1. The molecule has 3 nitrogen and oxygen atoms in total. The van der Waals surface area contributed by atoms with E-state index in [1.807, 2.05) is 6.92 Å². The summed E-state index contributed by atoms with van der Waals surface area (Å²) in [4.78, 5) is 12.6. The SMILES string of the molecule is CC(C)C(C)C(=O)NC1(C(N)=S)CCCCC1. The lowest BCUT2D eigenvalue weighted by atomic mass is 9.81. The van der Waals surface area contributed by atoms with E-state index in [0.29, 0.717) is 10.9 Å². The number of amides is 1. The highest BCUT2D eigenvalue weighted by Gasteiger charge is 2.37. The largest absolute Gasteiger partial charge is 0.391 e. The summed E-state index contributed by atoms with van der Waals surface area (Å²) >= 11 is 5.16. The molecule has 17 heavy (non-hydrogen) atoms. The fraction of sp³-hybridized carbons (Fsp3) is 0.846. The van der Waals surface area contributed by atoms with E-state index in [2.05, 4.69) is 19.2 Å². The maximum absolute atomic E-state index is 12.1. The molecule has 0 spiro atoms. The number of carbonyl (C=O) groups is 1. The van der Waals surface area contributed by atoms with Crippen molar-refractivity contribution in [3.05, 3.63) is 0 Å². The van der Waals surface area contributed by atoms with Gasteiger partial charge >= 0.3 is 0 Å². The van der Waals surface area contributed by atoms with Crippen LogP contribution in [-0.2, 0) is 4.79 Å². The van der Waals surface area contributed by atoms with Crippen molar-refractivity contribution in [2.24, 2.45) is 17.6 Å². The highest BCUT2D eigenvalue weighted by atomic mass is 32.1. The molecule has 0 saturated heterocycles. The third-order valence-electron chi connectivity index (χ3n) is 3.95. The molecule has 1 aliphatic rings. The minimum absolute atomic E-state index is 0.00292. The first kappa shape index (κ1) is 14.4. The van der Waals surface area contributed by atoms with E-state index >= 15 is 0 Å². The first-order valence-corrected chi connectivity index (χ1v) is 6.92. The molecule has 0 aromatic carbocycles. The van der Waals surface area contributed by atoms with E-state index in [-0.39, 0.29) is 11.8 Å². The smallest absolute Gasteiger partial charge is 0.223 e. The predicted molar refractivity (Wildman–Crippen MR) is 74.7 cm³/mol. The molecule has 0 bridgehead atoms. The zero-order chi connectivity index (χ0) is 13.1. The van der Waals surface area contributed by atoms with Crippen LogP contribution in [0.2, 0.25) is 0 Å². The number of thiocarbonyl (C=S) groups is 1. The van der Waals surface area contributed by atoms with Crippen molar-refractivity contribution in [3.63, 3.8) is 0 Å². The topological polar surface area (TPSA) is 55.1 Å². The van der Waals surface area contributed by atoms with Gasteiger partial charge in [0.25, 0.3) is 0 Å². The van der Waals surface area contributed by atoms with Crippen LogP contribution in [0.25, 0.3) is 0 Å². The van der Waals surface area contributed by atoms with Crippen molar-refractivity contribution in [2.45, 2.75) is 58.4 Å². The minimum Gasteiger partial charge on any atom is -0.391 e.